The minimum Gasteiger partial charge on any atom is -0.469 e. The molecule has 5 nitrogen and oxygen atoms in total. The summed E-state index contributed by atoms with van der Waals surface area (Å²) < 4.78 is 21.8. The van der Waals surface area contributed by atoms with E-state index in [2.05, 4.69) is 0 Å². The number of ether oxygens (including phenoxy) is 1. The molecule has 0 aliphatic heterocycles. The van der Waals surface area contributed by atoms with Gasteiger partial charge in [0.1, 0.15) is 5.54 Å². The summed E-state index contributed by atoms with van der Waals surface area (Å²) in [6, 6.07) is 0. The lowest BCUT2D eigenvalue weighted by atomic mass is 10.3. The van der Waals surface area contributed by atoms with Gasteiger partial charge >= 0.3 is 14.8 Å². The van der Waals surface area contributed by atoms with Crippen LogP contribution in [0, 0.1) is 0 Å². The van der Waals surface area contributed by atoms with Crippen molar-refractivity contribution in [2.24, 2.45) is 0 Å². The molecular formula is C11H24O5Si. The predicted molar refractivity (Wildman–Crippen MR) is 66.7 cm³/mol. The van der Waals surface area contributed by atoms with Gasteiger partial charge in [0.05, 0.1) is 7.11 Å². The first-order chi connectivity index (χ1) is 8.11. The molecule has 0 N–H and O–H groups in total. The van der Waals surface area contributed by atoms with E-state index >= 15 is 0 Å². The molecule has 102 valence electrons. The van der Waals surface area contributed by atoms with E-state index in [-0.39, 0.29) is 5.97 Å². The summed E-state index contributed by atoms with van der Waals surface area (Å²) in [6.07, 6.45) is 0.582. The molecule has 0 fully saturated rings. The Morgan fingerprint density at radius 3 is 1.65 bits per heavy atom. The van der Waals surface area contributed by atoms with Crippen molar-refractivity contribution in [2.75, 3.05) is 26.9 Å². The summed E-state index contributed by atoms with van der Waals surface area (Å²) in [5.41, 5.74) is -0.452. The third-order valence-corrected chi connectivity index (χ3v) is 5.93. The normalized spacial score (nSPS) is 13.5. The van der Waals surface area contributed by atoms with Crippen molar-refractivity contribution in [3.05, 3.63) is 0 Å². The van der Waals surface area contributed by atoms with Crippen molar-refractivity contribution >= 4 is 14.8 Å². The molecule has 0 aliphatic carbocycles. The molecule has 0 saturated heterocycles. The third kappa shape index (κ3) is 4.38. The van der Waals surface area contributed by atoms with Crippen molar-refractivity contribution in [2.45, 2.75) is 39.7 Å². The Kier molecular flexibility index (Phi) is 8.41. The highest BCUT2D eigenvalue weighted by atomic mass is 28.4. The Morgan fingerprint density at radius 1 is 1.00 bits per heavy atom. The van der Waals surface area contributed by atoms with Crippen molar-refractivity contribution in [3.8, 4) is 0 Å². The van der Waals surface area contributed by atoms with Gasteiger partial charge in [0.2, 0.25) is 0 Å². The minimum absolute atomic E-state index is 0.325. The Labute approximate surface area is 105 Å². The average Bonchev–Trinajstić information content (AvgIpc) is 2.30. The zero-order valence-corrected chi connectivity index (χ0v) is 12.4. The van der Waals surface area contributed by atoms with Crippen LogP contribution in [-0.2, 0) is 22.8 Å². The first kappa shape index (κ1) is 16.6. The van der Waals surface area contributed by atoms with E-state index in [4.69, 9.17) is 18.0 Å². The summed E-state index contributed by atoms with van der Waals surface area (Å²) in [5, 5.41) is 0. The number of methoxy groups -OCH3 is 1. The van der Waals surface area contributed by atoms with Crippen LogP contribution in [0.25, 0.3) is 0 Å². The van der Waals surface area contributed by atoms with Gasteiger partial charge in [0, 0.05) is 19.8 Å². The van der Waals surface area contributed by atoms with Gasteiger partial charge in [-0.25, -0.2) is 0 Å². The van der Waals surface area contributed by atoms with Crippen LogP contribution in [0.15, 0.2) is 0 Å². The highest BCUT2D eigenvalue weighted by molar-refractivity contribution is 6.66. The van der Waals surface area contributed by atoms with Gasteiger partial charge in [0.15, 0.2) is 0 Å². The van der Waals surface area contributed by atoms with Gasteiger partial charge in [-0.15, -0.1) is 0 Å². The third-order valence-electron chi connectivity index (χ3n) is 2.36. The first-order valence-corrected chi connectivity index (χ1v) is 7.91. The zero-order valence-electron chi connectivity index (χ0n) is 11.4. The fourth-order valence-corrected chi connectivity index (χ4v) is 4.70. The van der Waals surface area contributed by atoms with Crippen LogP contribution in [-0.4, -0.2) is 41.7 Å². The Balaban J connectivity index is 5.10. The second kappa shape index (κ2) is 8.63. The average molecular weight is 264 g/mol. The van der Waals surface area contributed by atoms with Crippen molar-refractivity contribution < 1.29 is 22.8 Å². The molecule has 0 heterocycles. The molecule has 0 aromatic carbocycles. The molecule has 0 aromatic heterocycles. The maximum absolute atomic E-state index is 11.8. The van der Waals surface area contributed by atoms with Gasteiger partial charge in [0.25, 0.3) is 0 Å². The van der Waals surface area contributed by atoms with Gasteiger partial charge in [-0.2, -0.15) is 0 Å². The lowest BCUT2D eigenvalue weighted by molar-refractivity contribution is -0.142. The zero-order chi connectivity index (χ0) is 13.3. The lowest BCUT2D eigenvalue weighted by Gasteiger charge is -2.33. The highest BCUT2D eigenvalue weighted by Gasteiger charge is 2.52. The molecule has 0 saturated carbocycles. The fourth-order valence-electron chi connectivity index (χ4n) is 1.73. The molecule has 1 atom stereocenters. The lowest BCUT2D eigenvalue weighted by Crippen LogP contribution is -2.53. The van der Waals surface area contributed by atoms with Gasteiger partial charge in [-0.1, -0.05) is 6.92 Å². The molecule has 0 aliphatic rings. The fraction of sp³-hybridized carbons (Fsp3) is 0.909. The molecule has 0 rings (SSSR count). The number of hydrogen-bond acceptors (Lipinski definition) is 5. The molecule has 17 heavy (non-hydrogen) atoms. The summed E-state index contributed by atoms with van der Waals surface area (Å²) >= 11 is 0. The van der Waals surface area contributed by atoms with Crippen LogP contribution in [0.1, 0.15) is 34.1 Å². The first-order valence-electron chi connectivity index (χ1n) is 6.11. The molecule has 0 amide bonds. The Morgan fingerprint density at radius 2 is 1.41 bits per heavy atom. The molecule has 0 bridgehead atoms. The van der Waals surface area contributed by atoms with Crippen molar-refractivity contribution in [1.29, 1.82) is 0 Å². The monoisotopic (exact) mass is 264 g/mol. The molecule has 6 heteroatoms. The Hall–Kier alpha value is -0.433. The van der Waals surface area contributed by atoms with Gasteiger partial charge in [-0.05, 0) is 27.2 Å². The largest absolute Gasteiger partial charge is 0.515 e. The quantitative estimate of drug-likeness (QED) is 0.471. The van der Waals surface area contributed by atoms with Gasteiger partial charge in [-0.3, -0.25) is 4.79 Å². The van der Waals surface area contributed by atoms with Crippen LogP contribution < -0.4 is 0 Å². The van der Waals surface area contributed by atoms with E-state index < -0.39 is 14.3 Å². The number of carbonyl (C=O) groups is 1. The van der Waals surface area contributed by atoms with Crippen LogP contribution in [0.3, 0.4) is 0 Å². The summed E-state index contributed by atoms with van der Waals surface area (Å²) in [7, 11) is -1.61. The van der Waals surface area contributed by atoms with Crippen LogP contribution >= 0.6 is 0 Å². The molecule has 0 aromatic rings. The molecule has 0 spiro atoms. The van der Waals surface area contributed by atoms with E-state index in [1.54, 1.807) is 0 Å². The predicted octanol–water partition coefficient (Wildman–Crippen LogP) is 1.99. The summed E-state index contributed by atoms with van der Waals surface area (Å²) in [4.78, 5) is 11.8. The Bertz CT molecular complexity index is 205. The maximum atomic E-state index is 11.8. The summed E-state index contributed by atoms with van der Waals surface area (Å²) in [5.74, 6) is -0.325. The van der Waals surface area contributed by atoms with Crippen molar-refractivity contribution in [1.82, 2.24) is 0 Å². The van der Waals surface area contributed by atoms with Crippen molar-refractivity contribution in [3.63, 3.8) is 0 Å². The van der Waals surface area contributed by atoms with E-state index in [9.17, 15) is 4.79 Å². The number of rotatable bonds is 9. The second-order valence-corrected chi connectivity index (χ2v) is 6.16. The van der Waals surface area contributed by atoms with E-state index in [0.717, 1.165) is 0 Å². The standard InChI is InChI=1S/C11H24O5Si/c1-6-10(11(12)13-5)17(14-7-2,15-8-3)16-9-4/h10H,6-9H2,1-5H3. The highest BCUT2D eigenvalue weighted by Crippen LogP contribution is 2.30. The number of esters is 1. The molecular weight excluding hydrogens is 240 g/mol. The molecule has 1 unspecified atom stereocenters. The smallest absolute Gasteiger partial charge is 0.469 e. The SMILES string of the molecule is CCO[Si](OCC)(OCC)C(CC)C(=O)OC. The maximum Gasteiger partial charge on any atom is 0.515 e. The topological polar surface area (TPSA) is 54.0 Å². The van der Waals surface area contributed by atoms with Gasteiger partial charge < -0.3 is 18.0 Å². The second-order valence-electron chi connectivity index (χ2n) is 3.39. The van der Waals surface area contributed by atoms with E-state index in [1.807, 2.05) is 27.7 Å². The molecule has 0 radical (unpaired) electrons. The van der Waals surface area contributed by atoms with E-state index in [0.29, 0.717) is 26.2 Å². The van der Waals surface area contributed by atoms with Crippen LogP contribution in [0.4, 0.5) is 0 Å². The van der Waals surface area contributed by atoms with Crippen LogP contribution in [0.5, 0.6) is 0 Å². The number of carbonyl (C=O) groups excluding carboxylic acids is 1. The number of hydrogen-bond donors (Lipinski definition) is 0. The minimum atomic E-state index is -2.98. The van der Waals surface area contributed by atoms with Crippen LogP contribution in [0.2, 0.25) is 5.54 Å². The summed E-state index contributed by atoms with van der Waals surface area (Å²) in [6.45, 7) is 8.87. The van der Waals surface area contributed by atoms with E-state index in [1.165, 1.54) is 7.11 Å².